The van der Waals surface area contributed by atoms with Gasteiger partial charge in [-0.25, -0.2) is 0 Å². The van der Waals surface area contributed by atoms with Crippen molar-refractivity contribution < 1.29 is 14.4 Å². The smallest absolute Gasteiger partial charge is 0.239 e. The fourth-order valence-corrected chi connectivity index (χ4v) is 2.96. The zero-order valence-electron chi connectivity index (χ0n) is 15.4. The van der Waals surface area contributed by atoms with Crippen LogP contribution in [0.2, 0.25) is 0 Å². The number of anilines is 1. The standard InChI is InChI=1S/C19H27N3O3/c1-5-13-8-6-7-9-15(13)22-12-14(10-17(22)24)18(25)20-11-16(23)21-19(2,3)4/h6-9,14H,5,10-12H2,1-4H3,(H,20,25)(H,21,23). The average molecular weight is 345 g/mol. The molecule has 1 aromatic carbocycles. The summed E-state index contributed by atoms with van der Waals surface area (Å²) in [7, 11) is 0. The third kappa shape index (κ3) is 5.05. The molecule has 0 spiro atoms. The molecule has 1 unspecified atom stereocenters. The lowest BCUT2D eigenvalue weighted by Crippen LogP contribution is -2.46. The Labute approximate surface area is 149 Å². The number of hydrogen-bond acceptors (Lipinski definition) is 3. The predicted octanol–water partition coefficient (Wildman–Crippen LogP) is 1.63. The third-order valence-electron chi connectivity index (χ3n) is 4.10. The van der Waals surface area contributed by atoms with Gasteiger partial charge in [-0.3, -0.25) is 14.4 Å². The maximum atomic E-state index is 12.4. The van der Waals surface area contributed by atoms with Crippen molar-refractivity contribution in [2.75, 3.05) is 18.0 Å². The van der Waals surface area contributed by atoms with Gasteiger partial charge in [0.2, 0.25) is 17.7 Å². The minimum atomic E-state index is -0.431. The van der Waals surface area contributed by atoms with E-state index >= 15 is 0 Å². The minimum Gasteiger partial charge on any atom is -0.350 e. The van der Waals surface area contributed by atoms with Crippen LogP contribution in [0, 0.1) is 5.92 Å². The molecule has 0 saturated carbocycles. The molecule has 25 heavy (non-hydrogen) atoms. The molecule has 3 amide bonds. The number of rotatable bonds is 5. The molecule has 1 aliphatic heterocycles. The topological polar surface area (TPSA) is 78.5 Å². The van der Waals surface area contributed by atoms with Crippen LogP contribution < -0.4 is 15.5 Å². The summed E-state index contributed by atoms with van der Waals surface area (Å²) in [4.78, 5) is 38.2. The first-order chi connectivity index (χ1) is 11.7. The number of nitrogens with one attached hydrogen (secondary N) is 2. The van der Waals surface area contributed by atoms with E-state index in [0.29, 0.717) is 6.54 Å². The van der Waals surface area contributed by atoms with Crippen LogP contribution in [-0.4, -0.2) is 36.3 Å². The lowest BCUT2D eigenvalue weighted by atomic mass is 10.1. The fourth-order valence-electron chi connectivity index (χ4n) is 2.96. The summed E-state index contributed by atoms with van der Waals surface area (Å²) in [6.45, 7) is 7.95. The van der Waals surface area contributed by atoms with Gasteiger partial charge in [0.1, 0.15) is 0 Å². The van der Waals surface area contributed by atoms with Crippen LogP contribution in [0.3, 0.4) is 0 Å². The fraction of sp³-hybridized carbons (Fsp3) is 0.526. The van der Waals surface area contributed by atoms with Gasteiger partial charge in [0.15, 0.2) is 0 Å². The number of amides is 3. The van der Waals surface area contributed by atoms with Crippen molar-refractivity contribution in [1.29, 1.82) is 0 Å². The molecule has 0 aromatic heterocycles. The maximum absolute atomic E-state index is 12.4. The molecular formula is C19H27N3O3. The molecule has 0 radical (unpaired) electrons. The molecular weight excluding hydrogens is 318 g/mol. The maximum Gasteiger partial charge on any atom is 0.239 e. The Hall–Kier alpha value is -2.37. The summed E-state index contributed by atoms with van der Waals surface area (Å²) in [6.07, 6.45) is 0.995. The number of hydrogen-bond donors (Lipinski definition) is 2. The molecule has 1 fully saturated rings. The largest absolute Gasteiger partial charge is 0.350 e. The molecule has 1 atom stereocenters. The molecule has 1 aliphatic rings. The lowest BCUT2D eigenvalue weighted by molar-refractivity contribution is -0.129. The van der Waals surface area contributed by atoms with Crippen LogP contribution >= 0.6 is 0 Å². The predicted molar refractivity (Wildman–Crippen MR) is 97.2 cm³/mol. The first kappa shape index (κ1) is 19.0. The van der Waals surface area contributed by atoms with Crippen molar-refractivity contribution in [2.24, 2.45) is 5.92 Å². The van der Waals surface area contributed by atoms with Gasteiger partial charge in [0, 0.05) is 24.2 Å². The summed E-state index contributed by atoms with van der Waals surface area (Å²) in [5, 5.41) is 5.43. The zero-order valence-corrected chi connectivity index (χ0v) is 15.4. The first-order valence-corrected chi connectivity index (χ1v) is 8.68. The normalized spacial score (nSPS) is 17.5. The summed E-state index contributed by atoms with van der Waals surface area (Å²) < 4.78 is 0. The van der Waals surface area contributed by atoms with Crippen molar-refractivity contribution in [3.05, 3.63) is 29.8 Å². The van der Waals surface area contributed by atoms with Gasteiger partial charge in [-0.05, 0) is 38.8 Å². The van der Waals surface area contributed by atoms with E-state index in [0.717, 1.165) is 17.7 Å². The first-order valence-electron chi connectivity index (χ1n) is 8.68. The lowest BCUT2D eigenvalue weighted by Gasteiger charge is -2.21. The van der Waals surface area contributed by atoms with Crippen LogP contribution in [0.15, 0.2) is 24.3 Å². The highest BCUT2D eigenvalue weighted by Crippen LogP contribution is 2.28. The molecule has 1 aromatic rings. The SMILES string of the molecule is CCc1ccccc1N1CC(C(=O)NCC(=O)NC(C)(C)C)CC1=O. The van der Waals surface area contributed by atoms with E-state index in [-0.39, 0.29) is 36.2 Å². The van der Waals surface area contributed by atoms with Gasteiger partial charge in [-0.15, -0.1) is 0 Å². The number of para-hydroxylation sites is 1. The van der Waals surface area contributed by atoms with Crippen LogP contribution in [0.5, 0.6) is 0 Å². The zero-order chi connectivity index (χ0) is 18.6. The van der Waals surface area contributed by atoms with Gasteiger partial charge in [0.25, 0.3) is 0 Å². The second-order valence-corrected chi connectivity index (χ2v) is 7.40. The van der Waals surface area contributed by atoms with Crippen molar-refractivity contribution >= 4 is 23.4 Å². The minimum absolute atomic E-state index is 0.0554. The Morgan fingerprint density at radius 3 is 2.56 bits per heavy atom. The number of nitrogens with zero attached hydrogens (tertiary/aromatic N) is 1. The van der Waals surface area contributed by atoms with Gasteiger partial charge in [-0.1, -0.05) is 25.1 Å². The summed E-state index contributed by atoms with van der Waals surface area (Å²) in [6, 6.07) is 7.74. The van der Waals surface area contributed by atoms with E-state index < -0.39 is 5.92 Å². The molecule has 1 saturated heterocycles. The van der Waals surface area contributed by atoms with Crippen LogP contribution in [0.1, 0.15) is 39.7 Å². The van der Waals surface area contributed by atoms with Gasteiger partial charge in [-0.2, -0.15) is 0 Å². The summed E-state index contributed by atoms with van der Waals surface area (Å²) in [5.74, 6) is -0.979. The van der Waals surface area contributed by atoms with E-state index in [4.69, 9.17) is 0 Å². The van der Waals surface area contributed by atoms with Gasteiger partial charge < -0.3 is 15.5 Å². The monoisotopic (exact) mass is 345 g/mol. The van der Waals surface area contributed by atoms with Crippen LogP contribution in [0.25, 0.3) is 0 Å². The Morgan fingerprint density at radius 2 is 1.92 bits per heavy atom. The average Bonchev–Trinajstić information content (AvgIpc) is 2.92. The molecule has 2 N–H and O–H groups in total. The van der Waals surface area contributed by atoms with Crippen LogP contribution in [0.4, 0.5) is 5.69 Å². The van der Waals surface area contributed by atoms with E-state index in [2.05, 4.69) is 10.6 Å². The number of carbonyl (C=O) groups excluding carboxylic acids is 3. The van der Waals surface area contributed by atoms with Crippen molar-refractivity contribution in [3.8, 4) is 0 Å². The van der Waals surface area contributed by atoms with Crippen molar-refractivity contribution in [3.63, 3.8) is 0 Å². The van der Waals surface area contributed by atoms with Gasteiger partial charge in [0.05, 0.1) is 12.5 Å². The second kappa shape index (κ2) is 7.68. The summed E-state index contributed by atoms with van der Waals surface area (Å²) in [5.41, 5.74) is 1.61. The van der Waals surface area contributed by atoms with E-state index in [1.54, 1.807) is 4.90 Å². The van der Waals surface area contributed by atoms with Crippen LogP contribution in [-0.2, 0) is 20.8 Å². The Kier molecular flexibility index (Phi) is 5.82. The second-order valence-electron chi connectivity index (χ2n) is 7.40. The van der Waals surface area contributed by atoms with Crippen molar-refractivity contribution in [2.45, 2.75) is 46.1 Å². The van der Waals surface area contributed by atoms with E-state index in [9.17, 15) is 14.4 Å². The third-order valence-corrected chi connectivity index (χ3v) is 4.10. The van der Waals surface area contributed by atoms with E-state index in [1.165, 1.54) is 0 Å². The molecule has 2 rings (SSSR count). The number of benzene rings is 1. The highest BCUT2D eigenvalue weighted by atomic mass is 16.2. The summed E-state index contributed by atoms with van der Waals surface area (Å²) >= 11 is 0. The molecule has 136 valence electrons. The highest BCUT2D eigenvalue weighted by Gasteiger charge is 2.35. The van der Waals surface area contributed by atoms with E-state index in [1.807, 2.05) is 52.0 Å². The molecule has 1 heterocycles. The molecule has 6 heteroatoms. The molecule has 0 aliphatic carbocycles. The van der Waals surface area contributed by atoms with Crippen molar-refractivity contribution in [1.82, 2.24) is 10.6 Å². The van der Waals surface area contributed by atoms with Gasteiger partial charge >= 0.3 is 0 Å². The molecule has 0 bridgehead atoms. The number of aryl methyl sites for hydroxylation is 1. The highest BCUT2D eigenvalue weighted by molar-refractivity contribution is 6.01. The Bertz CT molecular complexity index is 664. The Morgan fingerprint density at radius 1 is 1.24 bits per heavy atom. The number of carbonyl (C=O) groups is 3. The molecule has 6 nitrogen and oxygen atoms in total. The Balaban J connectivity index is 1.95. The quantitative estimate of drug-likeness (QED) is 0.851.